The lowest BCUT2D eigenvalue weighted by Gasteiger charge is -2.29. The van der Waals surface area contributed by atoms with E-state index in [2.05, 4.69) is 4.18 Å². The van der Waals surface area contributed by atoms with Gasteiger partial charge in [-0.25, -0.2) is 17.6 Å². The number of hydrogen-bond acceptors (Lipinski definition) is 4. The molecule has 220 valence electrons. The van der Waals surface area contributed by atoms with Gasteiger partial charge in [0.2, 0.25) is 34.8 Å². The summed E-state index contributed by atoms with van der Waals surface area (Å²) in [5.41, 5.74) is 0.159. The molecule has 0 spiro atoms. The molecule has 0 saturated carbocycles. The predicted molar refractivity (Wildman–Crippen MR) is 129 cm³/mol. The molecule has 4 aromatic rings. The maximum absolute atomic E-state index is 14.0. The van der Waals surface area contributed by atoms with Crippen LogP contribution < -0.4 is 8.92 Å². The van der Waals surface area contributed by atoms with E-state index in [1.165, 1.54) is 24.3 Å². The van der Waals surface area contributed by atoms with Gasteiger partial charge in [-0.3, -0.25) is 0 Å². The van der Waals surface area contributed by atoms with Crippen molar-refractivity contribution in [2.24, 2.45) is 0 Å². The second-order valence-corrected chi connectivity index (χ2v) is 10.7. The number of hydrogen-bond donors (Lipinski definition) is 0. The van der Waals surface area contributed by atoms with E-state index < -0.39 is 73.3 Å². The highest BCUT2D eigenvalue weighted by molar-refractivity contribution is 7.87. The Morgan fingerprint density at radius 2 is 1.33 bits per heavy atom. The number of alkyl halides is 3. The third-order valence-corrected chi connectivity index (χ3v) is 7.80. The molecule has 0 fully saturated rings. The molecule has 1 aliphatic rings. The average Bonchev–Trinajstić information content (AvgIpc) is 2.96. The molecule has 0 N–H and O–H groups in total. The summed E-state index contributed by atoms with van der Waals surface area (Å²) < 4.78 is 158. The second-order valence-electron chi connectivity index (χ2n) is 9.13. The zero-order chi connectivity index (χ0) is 30.6. The molecule has 0 aromatic heterocycles. The van der Waals surface area contributed by atoms with Gasteiger partial charge in [0.05, 0.1) is 12.2 Å². The molecule has 0 unspecified atom stereocenters. The lowest BCUT2D eigenvalue weighted by Crippen LogP contribution is -2.18. The molecule has 1 atom stereocenters. The third-order valence-electron chi connectivity index (χ3n) is 6.59. The molecule has 1 heterocycles. The largest absolute Gasteiger partial charge is 0.493 e. The van der Waals surface area contributed by atoms with E-state index in [-0.39, 0.29) is 29.9 Å². The summed E-state index contributed by atoms with van der Waals surface area (Å²) in [5.74, 6) is -15.7. The fourth-order valence-corrected chi connectivity index (χ4v) is 5.53. The number of ether oxygens (including phenoxy) is 1. The molecular weight excluding hydrogens is 603 g/mol. The topological polar surface area (TPSA) is 52.6 Å². The normalized spacial score (nSPS) is 15.2. The van der Waals surface area contributed by atoms with Crippen LogP contribution in [0.5, 0.6) is 11.5 Å². The minimum Gasteiger partial charge on any atom is -0.493 e. The SMILES string of the molecule is O=S(=O)(Oc1c(F)c(F)c(F)c(F)c1F)c1ccc2c(c1)OCC[C@@H]2c1ccc(C(F)(F)F)cc1-c1ccc(F)cc1. The Hall–Kier alpha value is -4.20. The lowest BCUT2D eigenvalue weighted by atomic mass is 9.82. The zero-order valence-corrected chi connectivity index (χ0v) is 21.5. The van der Waals surface area contributed by atoms with Crippen molar-refractivity contribution in [1.29, 1.82) is 0 Å². The van der Waals surface area contributed by atoms with Crippen LogP contribution in [0.3, 0.4) is 0 Å². The van der Waals surface area contributed by atoms with Crippen molar-refractivity contribution in [3.8, 4) is 22.6 Å². The Morgan fingerprint density at radius 3 is 1.95 bits per heavy atom. The van der Waals surface area contributed by atoms with Crippen LogP contribution in [0, 0.1) is 34.9 Å². The molecule has 0 radical (unpaired) electrons. The van der Waals surface area contributed by atoms with Crippen molar-refractivity contribution in [1.82, 2.24) is 0 Å². The molecule has 4 aromatic carbocycles. The second kappa shape index (κ2) is 10.6. The van der Waals surface area contributed by atoms with Gasteiger partial charge in [-0.15, -0.1) is 0 Å². The standard InChI is InChI=1S/C28H15F9O4S/c29-15-4-1-13(2-5-15)20-11-14(28(35,36)37)3-7-17(20)18-9-10-40-21-12-16(6-8-19(18)21)42(38,39)41-27-25(33)23(31)22(30)24(32)26(27)34/h1-8,11-12,18H,9-10H2/t18-/m1/s1. The van der Waals surface area contributed by atoms with Crippen LogP contribution >= 0.6 is 0 Å². The highest BCUT2D eigenvalue weighted by Crippen LogP contribution is 2.44. The molecule has 0 bridgehead atoms. The number of fused-ring (bicyclic) bond motifs is 1. The molecule has 1 aliphatic heterocycles. The third kappa shape index (κ3) is 5.26. The Labute approximate surface area is 232 Å². The van der Waals surface area contributed by atoms with Crippen molar-refractivity contribution in [2.45, 2.75) is 23.4 Å². The molecular formula is C28H15F9O4S. The van der Waals surface area contributed by atoms with Gasteiger partial charge in [0.1, 0.15) is 16.5 Å². The van der Waals surface area contributed by atoms with Gasteiger partial charge in [0.15, 0.2) is 0 Å². The van der Waals surface area contributed by atoms with E-state index in [1.807, 2.05) is 0 Å². The number of benzene rings is 4. The molecule has 14 heteroatoms. The van der Waals surface area contributed by atoms with E-state index in [9.17, 15) is 47.9 Å². The van der Waals surface area contributed by atoms with E-state index >= 15 is 0 Å². The van der Waals surface area contributed by atoms with Crippen molar-refractivity contribution >= 4 is 10.1 Å². The quantitative estimate of drug-likeness (QED) is 0.0989. The van der Waals surface area contributed by atoms with E-state index in [0.29, 0.717) is 11.1 Å². The summed E-state index contributed by atoms with van der Waals surface area (Å²) in [6.07, 6.45) is -4.45. The maximum atomic E-state index is 14.0. The van der Waals surface area contributed by atoms with Gasteiger partial charge in [-0.2, -0.15) is 30.4 Å². The number of rotatable bonds is 5. The Balaban J connectivity index is 1.56. The molecule has 42 heavy (non-hydrogen) atoms. The summed E-state index contributed by atoms with van der Waals surface area (Å²) in [4.78, 5) is -0.767. The summed E-state index contributed by atoms with van der Waals surface area (Å²) >= 11 is 0. The molecule has 4 nitrogen and oxygen atoms in total. The van der Waals surface area contributed by atoms with Gasteiger partial charge in [-0.1, -0.05) is 24.3 Å². The Bertz CT molecular complexity index is 1780. The average molecular weight is 618 g/mol. The fraction of sp³-hybridized carbons (Fsp3) is 0.143. The smallest absolute Gasteiger partial charge is 0.416 e. The van der Waals surface area contributed by atoms with Gasteiger partial charge in [0, 0.05) is 17.5 Å². The van der Waals surface area contributed by atoms with Crippen molar-refractivity contribution < 1.29 is 56.9 Å². The van der Waals surface area contributed by atoms with Crippen molar-refractivity contribution in [3.05, 3.63) is 112 Å². The van der Waals surface area contributed by atoms with Crippen LogP contribution in [0.1, 0.15) is 29.0 Å². The lowest BCUT2D eigenvalue weighted by molar-refractivity contribution is -0.137. The summed E-state index contributed by atoms with van der Waals surface area (Å²) in [5, 5.41) is 0. The summed E-state index contributed by atoms with van der Waals surface area (Å²) in [7, 11) is -5.17. The first-order chi connectivity index (χ1) is 19.7. The highest BCUT2D eigenvalue weighted by Gasteiger charge is 2.35. The summed E-state index contributed by atoms with van der Waals surface area (Å²) in [6.45, 7) is -0.0381. The highest BCUT2D eigenvalue weighted by atomic mass is 32.2. The Kier molecular flexibility index (Phi) is 7.37. The van der Waals surface area contributed by atoms with E-state index in [1.54, 1.807) is 0 Å². The monoisotopic (exact) mass is 618 g/mol. The van der Waals surface area contributed by atoms with E-state index in [4.69, 9.17) is 4.74 Å². The maximum Gasteiger partial charge on any atom is 0.416 e. The van der Waals surface area contributed by atoms with E-state index in [0.717, 1.165) is 36.4 Å². The zero-order valence-electron chi connectivity index (χ0n) is 20.7. The first-order valence-electron chi connectivity index (χ1n) is 11.9. The van der Waals surface area contributed by atoms with Crippen molar-refractivity contribution in [2.75, 3.05) is 6.61 Å². The van der Waals surface area contributed by atoms with Crippen LogP contribution in [-0.4, -0.2) is 15.0 Å². The van der Waals surface area contributed by atoms with Gasteiger partial charge < -0.3 is 8.92 Å². The van der Waals surface area contributed by atoms with Gasteiger partial charge in [0.25, 0.3) is 0 Å². The first kappa shape index (κ1) is 29.3. The van der Waals surface area contributed by atoms with Crippen LogP contribution in [0.15, 0.2) is 65.6 Å². The predicted octanol–water partition coefficient (Wildman–Crippen LogP) is 7.89. The van der Waals surface area contributed by atoms with Crippen molar-refractivity contribution in [3.63, 3.8) is 0 Å². The molecule has 5 rings (SSSR count). The Morgan fingerprint density at radius 1 is 0.738 bits per heavy atom. The fourth-order valence-electron chi connectivity index (χ4n) is 4.58. The van der Waals surface area contributed by atoms with Crippen LogP contribution in [0.4, 0.5) is 39.5 Å². The minimum atomic E-state index is -5.17. The molecule has 0 amide bonds. The summed E-state index contributed by atoms with van der Waals surface area (Å²) in [6, 6.07) is 10.8. The minimum absolute atomic E-state index is 0.0381. The van der Waals surface area contributed by atoms with Gasteiger partial charge in [-0.05, 0) is 53.4 Å². The van der Waals surface area contributed by atoms with Crippen LogP contribution in [-0.2, 0) is 16.3 Å². The number of halogens is 9. The van der Waals surface area contributed by atoms with Gasteiger partial charge >= 0.3 is 16.3 Å². The van der Waals surface area contributed by atoms with Crippen LogP contribution in [0.25, 0.3) is 11.1 Å². The van der Waals surface area contributed by atoms with Crippen LogP contribution in [0.2, 0.25) is 0 Å². The first-order valence-corrected chi connectivity index (χ1v) is 13.3. The molecule has 0 saturated heterocycles. The molecule has 0 aliphatic carbocycles.